The average Bonchev–Trinajstić information content (AvgIpc) is 3.36. The summed E-state index contributed by atoms with van der Waals surface area (Å²) in [5.41, 5.74) is 4.13. The normalized spacial score (nSPS) is 14.7. The van der Waals surface area contributed by atoms with Gasteiger partial charge < -0.3 is 19.5 Å². The first-order valence-electron chi connectivity index (χ1n) is 13.7. The molecule has 1 N–H and O–H groups in total. The molecule has 4 aromatic rings. The Hall–Kier alpha value is -4.28. The summed E-state index contributed by atoms with van der Waals surface area (Å²) in [4.78, 5) is 28.6. The van der Waals surface area contributed by atoms with Crippen LogP contribution in [0.4, 0.5) is 5.82 Å². The monoisotopic (exact) mass is 586 g/mol. The Kier molecular flexibility index (Phi) is 9.45. The molecule has 0 aliphatic carbocycles. The van der Waals surface area contributed by atoms with E-state index in [4.69, 9.17) is 19.3 Å². The van der Waals surface area contributed by atoms with Crippen LogP contribution in [0.5, 0.6) is 11.5 Å². The number of nitrogens with one attached hydrogen (secondary N) is 1. The summed E-state index contributed by atoms with van der Waals surface area (Å²) in [6, 6.07) is 25.2. The number of amides is 2. The Balaban J connectivity index is 1.72. The Morgan fingerprint density at radius 1 is 0.976 bits per heavy atom. The van der Waals surface area contributed by atoms with Crippen LogP contribution in [0.15, 0.2) is 78.9 Å². The van der Waals surface area contributed by atoms with Gasteiger partial charge in [-0.15, -0.1) is 11.8 Å². The Morgan fingerprint density at radius 3 is 2.43 bits per heavy atom. The number of aromatic nitrogens is 2. The van der Waals surface area contributed by atoms with E-state index in [1.165, 1.54) is 11.8 Å². The second kappa shape index (κ2) is 13.6. The molecule has 2 heterocycles. The summed E-state index contributed by atoms with van der Waals surface area (Å²) in [6.45, 7) is 0.843. The quantitative estimate of drug-likeness (QED) is 0.251. The molecule has 0 saturated heterocycles. The van der Waals surface area contributed by atoms with E-state index in [1.807, 2.05) is 78.9 Å². The highest BCUT2D eigenvalue weighted by atomic mass is 32.2. The van der Waals surface area contributed by atoms with Crippen LogP contribution in [0.25, 0.3) is 16.9 Å². The minimum Gasteiger partial charge on any atom is -0.497 e. The van der Waals surface area contributed by atoms with Crippen LogP contribution in [-0.2, 0) is 14.3 Å². The van der Waals surface area contributed by atoms with E-state index >= 15 is 0 Å². The minimum absolute atomic E-state index is 0.145. The number of para-hydroxylation sites is 1. The zero-order valence-corrected chi connectivity index (χ0v) is 24.7. The van der Waals surface area contributed by atoms with Crippen molar-refractivity contribution in [3.8, 4) is 28.4 Å². The standard InChI is InChI=1S/C32H34N4O5S/c1-39-19-9-18-33-27(37)20-35-28(38)21-42-31(25-12-7-8-13-26(25)41-3)29-30(22-10-5-4-6-11-22)34-36(32(29)35)23-14-16-24(40-2)17-15-23/h4-8,10-17,31H,9,18-21H2,1-3H3,(H,33,37). The van der Waals surface area contributed by atoms with Crippen molar-refractivity contribution in [2.45, 2.75) is 11.7 Å². The van der Waals surface area contributed by atoms with Crippen molar-refractivity contribution in [3.05, 3.63) is 90.0 Å². The molecule has 1 atom stereocenters. The summed E-state index contributed by atoms with van der Waals surface area (Å²) in [5, 5.41) is 7.75. The molecule has 1 aliphatic rings. The van der Waals surface area contributed by atoms with E-state index in [-0.39, 0.29) is 29.4 Å². The van der Waals surface area contributed by atoms with Gasteiger partial charge in [0.05, 0.1) is 36.6 Å². The maximum Gasteiger partial charge on any atom is 0.240 e. The second-order valence-electron chi connectivity index (χ2n) is 9.67. The van der Waals surface area contributed by atoms with E-state index in [2.05, 4.69) is 5.32 Å². The first-order valence-corrected chi connectivity index (χ1v) is 14.7. The number of nitrogens with zero attached hydrogens (tertiary/aromatic N) is 3. The number of hydrogen-bond acceptors (Lipinski definition) is 7. The van der Waals surface area contributed by atoms with Gasteiger partial charge in [0.2, 0.25) is 11.8 Å². The zero-order valence-electron chi connectivity index (χ0n) is 23.9. The SMILES string of the molecule is COCCCNC(=O)CN1C(=O)CSC(c2ccccc2OC)c2c(-c3ccccc3)nn(-c3ccc(OC)cc3)c21. The van der Waals surface area contributed by atoms with Crippen LogP contribution in [0, 0.1) is 0 Å². The molecular formula is C32H34N4O5S. The van der Waals surface area contributed by atoms with E-state index in [1.54, 1.807) is 30.9 Å². The van der Waals surface area contributed by atoms with Crippen molar-refractivity contribution in [2.24, 2.45) is 0 Å². The molecule has 0 spiro atoms. The zero-order chi connectivity index (χ0) is 29.5. The van der Waals surface area contributed by atoms with Crippen LogP contribution in [0.2, 0.25) is 0 Å². The number of fused-ring (bicyclic) bond motifs is 1. The van der Waals surface area contributed by atoms with Gasteiger partial charge in [0.15, 0.2) is 0 Å². The maximum atomic E-state index is 13.9. The molecule has 1 aliphatic heterocycles. The first kappa shape index (κ1) is 29.2. The maximum absolute atomic E-state index is 13.9. The first-order chi connectivity index (χ1) is 20.5. The van der Waals surface area contributed by atoms with Gasteiger partial charge in [-0.25, -0.2) is 4.68 Å². The van der Waals surface area contributed by atoms with Gasteiger partial charge in [-0.3, -0.25) is 14.5 Å². The predicted molar refractivity (Wildman–Crippen MR) is 165 cm³/mol. The van der Waals surface area contributed by atoms with Crippen molar-refractivity contribution in [1.29, 1.82) is 0 Å². The lowest BCUT2D eigenvalue weighted by atomic mass is 9.99. The van der Waals surface area contributed by atoms with Crippen molar-refractivity contribution < 1.29 is 23.8 Å². The average molecular weight is 587 g/mol. The largest absolute Gasteiger partial charge is 0.497 e. The summed E-state index contributed by atoms with van der Waals surface area (Å²) < 4.78 is 18.0. The lowest BCUT2D eigenvalue weighted by molar-refractivity contribution is -0.122. The van der Waals surface area contributed by atoms with E-state index in [0.717, 1.165) is 28.1 Å². The summed E-state index contributed by atoms with van der Waals surface area (Å²) in [7, 11) is 4.88. The highest BCUT2D eigenvalue weighted by Crippen LogP contribution is 2.50. The number of anilines is 1. The van der Waals surface area contributed by atoms with E-state index in [0.29, 0.717) is 36.9 Å². The number of methoxy groups -OCH3 is 3. The topological polar surface area (TPSA) is 94.9 Å². The van der Waals surface area contributed by atoms with Crippen molar-refractivity contribution in [2.75, 3.05) is 51.7 Å². The molecule has 5 rings (SSSR count). The summed E-state index contributed by atoms with van der Waals surface area (Å²) >= 11 is 1.50. The van der Waals surface area contributed by atoms with Crippen LogP contribution >= 0.6 is 11.8 Å². The van der Waals surface area contributed by atoms with E-state index < -0.39 is 0 Å². The third-order valence-corrected chi connectivity index (χ3v) is 8.26. The Bertz CT molecular complexity index is 1520. The molecule has 2 amide bonds. The minimum atomic E-state index is -0.294. The molecule has 1 unspecified atom stereocenters. The second-order valence-corrected chi connectivity index (χ2v) is 10.8. The van der Waals surface area contributed by atoms with Gasteiger partial charge in [-0.05, 0) is 36.8 Å². The molecule has 0 radical (unpaired) electrons. The molecule has 0 fully saturated rings. The molecule has 42 heavy (non-hydrogen) atoms. The number of carbonyl (C=O) groups is 2. The molecule has 218 valence electrons. The number of thioether (sulfide) groups is 1. The van der Waals surface area contributed by atoms with Gasteiger partial charge >= 0.3 is 0 Å². The fourth-order valence-corrected chi connectivity index (χ4v) is 6.23. The Labute approximate surface area is 249 Å². The molecule has 10 heteroatoms. The molecule has 3 aromatic carbocycles. The molecule has 9 nitrogen and oxygen atoms in total. The fourth-order valence-electron chi connectivity index (χ4n) is 5.00. The van der Waals surface area contributed by atoms with E-state index in [9.17, 15) is 9.59 Å². The Morgan fingerprint density at radius 2 is 1.71 bits per heavy atom. The fraction of sp³-hybridized carbons (Fsp3) is 0.281. The predicted octanol–water partition coefficient (Wildman–Crippen LogP) is 4.88. The number of carbonyl (C=O) groups excluding carboxylic acids is 2. The summed E-state index contributed by atoms with van der Waals surface area (Å²) in [5.74, 6) is 1.71. The highest BCUT2D eigenvalue weighted by Gasteiger charge is 2.38. The molecule has 0 saturated carbocycles. The number of rotatable bonds is 11. The lowest BCUT2D eigenvalue weighted by Crippen LogP contribution is -2.42. The third-order valence-electron chi connectivity index (χ3n) is 7.02. The van der Waals surface area contributed by atoms with Crippen LogP contribution < -0.4 is 19.7 Å². The number of benzene rings is 3. The number of hydrogen-bond donors (Lipinski definition) is 1. The highest BCUT2D eigenvalue weighted by molar-refractivity contribution is 8.00. The number of ether oxygens (including phenoxy) is 3. The van der Waals surface area contributed by atoms with Crippen molar-refractivity contribution in [1.82, 2.24) is 15.1 Å². The molecule has 0 bridgehead atoms. The van der Waals surface area contributed by atoms with Crippen LogP contribution in [0.1, 0.15) is 22.8 Å². The van der Waals surface area contributed by atoms with Gasteiger partial charge in [0.25, 0.3) is 0 Å². The van der Waals surface area contributed by atoms with Gasteiger partial charge in [0, 0.05) is 37.0 Å². The van der Waals surface area contributed by atoms with Crippen molar-refractivity contribution in [3.63, 3.8) is 0 Å². The summed E-state index contributed by atoms with van der Waals surface area (Å²) in [6.07, 6.45) is 0.676. The lowest BCUT2D eigenvalue weighted by Gasteiger charge is -2.23. The molecular weight excluding hydrogens is 552 g/mol. The third kappa shape index (κ3) is 6.14. The van der Waals surface area contributed by atoms with Gasteiger partial charge in [0.1, 0.15) is 23.9 Å². The van der Waals surface area contributed by atoms with Crippen LogP contribution in [0.3, 0.4) is 0 Å². The molecule has 1 aromatic heterocycles. The van der Waals surface area contributed by atoms with Gasteiger partial charge in [-0.2, -0.15) is 5.10 Å². The smallest absolute Gasteiger partial charge is 0.240 e. The van der Waals surface area contributed by atoms with Gasteiger partial charge in [-0.1, -0.05) is 48.5 Å². The van der Waals surface area contributed by atoms with Crippen molar-refractivity contribution >= 4 is 29.4 Å². The van der Waals surface area contributed by atoms with Crippen LogP contribution in [-0.4, -0.2) is 68.4 Å².